The van der Waals surface area contributed by atoms with E-state index in [0.717, 1.165) is 6.61 Å². The lowest BCUT2D eigenvalue weighted by Crippen LogP contribution is -1.83. The zero-order valence-corrected chi connectivity index (χ0v) is 10.7. The molecule has 0 aromatic heterocycles. The molecule has 0 amide bonds. The van der Waals surface area contributed by atoms with Gasteiger partial charge in [0.05, 0.1) is 0 Å². The highest BCUT2D eigenvalue weighted by molar-refractivity contribution is 5.87. The highest BCUT2D eigenvalue weighted by atomic mass is 16.5. The molecule has 0 atom stereocenters. The average molecular weight is 228 g/mol. The van der Waals surface area contributed by atoms with Crippen molar-refractivity contribution in [2.45, 2.75) is 26.2 Å². The normalized spacial score (nSPS) is 13.1. The lowest BCUT2D eigenvalue weighted by molar-refractivity contribution is 0.215. The Morgan fingerprint density at radius 1 is 1.06 bits per heavy atom. The molecule has 0 fully saturated rings. The number of methoxy groups -OCH3 is 1. The van der Waals surface area contributed by atoms with E-state index in [0.29, 0.717) is 0 Å². The first-order chi connectivity index (χ1) is 8.36. The van der Waals surface area contributed by atoms with Crippen LogP contribution in [0.2, 0.25) is 0 Å². The molecule has 1 aliphatic carbocycles. The van der Waals surface area contributed by atoms with Crippen LogP contribution in [0.1, 0.15) is 24.5 Å². The summed E-state index contributed by atoms with van der Waals surface area (Å²) in [5, 5.41) is 2.86. The van der Waals surface area contributed by atoms with Gasteiger partial charge in [-0.1, -0.05) is 36.4 Å². The zero-order valence-electron chi connectivity index (χ0n) is 10.7. The van der Waals surface area contributed by atoms with Crippen LogP contribution >= 0.6 is 0 Å². The predicted molar refractivity (Wildman–Crippen MR) is 73.5 cm³/mol. The van der Waals surface area contributed by atoms with E-state index in [2.05, 4.69) is 41.1 Å². The maximum Gasteiger partial charge on any atom is 0.0433 e. The molecule has 3 rings (SSSR count). The Labute approximate surface area is 103 Å². The quantitative estimate of drug-likeness (QED) is 0.717. The summed E-state index contributed by atoms with van der Waals surface area (Å²) in [7, 11) is 1.68. The smallest absolute Gasteiger partial charge is 0.0433 e. The van der Waals surface area contributed by atoms with Crippen molar-refractivity contribution in [1.29, 1.82) is 0 Å². The Morgan fingerprint density at radius 2 is 1.82 bits per heavy atom. The fourth-order valence-electron chi connectivity index (χ4n) is 2.37. The van der Waals surface area contributed by atoms with Crippen LogP contribution in [0.5, 0.6) is 0 Å². The van der Waals surface area contributed by atoms with Crippen molar-refractivity contribution in [2.75, 3.05) is 13.7 Å². The minimum atomic E-state index is 0.819. The molecule has 0 heterocycles. The topological polar surface area (TPSA) is 9.23 Å². The van der Waals surface area contributed by atoms with Crippen molar-refractivity contribution in [1.82, 2.24) is 0 Å². The van der Waals surface area contributed by atoms with Gasteiger partial charge in [0.15, 0.2) is 0 Å². The second-order valence-corrected chi connectivity index (χ2v) is 4.36. The predicted octanol–water partition coefficient (Wildman–Crippen LogP) is 3.98. The van der Waals surface area contributed by atoms with Crippen molar-refractivity contribution in [2.24, 2.45) is 0 Å². The van der Waals surface area contributed by atoms with Gasteiger partial charge in [-0.3, -0.25) is 0 Å². The zero-order chi connectivity index (χ0) is 12.1. The number of benzene rings is 2. The number of rotatable bonds is 1. The summed E-state index contributed by atoms with van der Waals surface area (Å²) >= 11 is 0. The van der Waals surface area contributed by atoms with Gasteiger partial charge in [0.25, 0.3) is 0 Å². The van der Waals surface area contributed by atoms with Gasteiger partial charge in [0, 0.05) is 13.7 Å². The average Bonchev–Trinajstić information content (AvgIpc) is 2.88. The van der Waals surface area contributed by atoms with Crippen LogP contribution in [0.15, 0.2) is 36.4 Å². The molecule has 2 aromatic carbocycles. The second kappa shape index (κ2) is 5.83. The molecular formula is C16H20O. The van der Waals surface area contributed by atoms with E-state index in [1.807, 2.05) is 6.92 Å². The molecule has 17 heavy (non-hydrogen) atoms. The Hall–Kier alpha value is -1.34. The number of fused-ring (bicyclic) bond motifs is 3. The summed E-state index contributed by atoms with van der Waals surface area (Å²) < 4.78 is 4.54. The number of ether oxygens (including phenoxy) is 1. The molecule has 1 heteroatoms. The first-order valence-corrected chi connectivity index (χ1v) is 6.35. The van der Waals surface area contributed by atoms with Gasteiger partial charge in [-0.25, -0.2) is 0 Å². The van der Waals surface area contributed by atoms with Gasteiger partial charge in [-0.2, -0.15) is 0 Å². The van der Waals surface area contributed by atoms with E-state index in [4.69, 9.17) is 0 Å². The summed E-state index contributed by atoms with van der Waals surface area (Å²) in [4.78, 5) is 0. The van der Waals surface area contributed by atoms with Gasteiger partial charge in [0.2, 0.25) is 0 Å². The standard InChI is InChI=1S/C13H12.C3H8O/c1-2-6-12-10(4-1)8-9-11-5-3-7-13(11)12;1-3-4-2/h1-2,4,6,8-9H,3,5,7H2;3H2,1-2H3. The third-order valence-electron chi connectivity index (χ3n) is 3.30. The van der Waals surface area contributed by atoms with Crippen LogP contribution < -0.4 is 0 Å². The molecule has 0 radical (unpaired) electrons. The molecule has 0 unspecified atom stereocenters. The van der Waals surface area contributed by atoms with Crippen LogP contribution in [0.4, 0.5) is 0 Å². The molecule has 0 spiro atoms. The largest absolute Gasteiger partial charge is 0.385 e. The van der Waals surface area contributed by atoms with Crippen LogP contribution in [-0.4, -0.2) is 13.7 Å². The molecule has 90 valence electrons. The molecular weight excluding hydrogens is 208 g/mol. The van der Waals surface area contributed by atoms with E-state index < -0.39 is 0 Å². The number of hydrogen-bond acceptors (Lipinski definition) is 1. The molecule has 0 bridgehead atoms. The SMILES string of the molecule is CCOC.c1ccc2c3c(ccc2c1)CCC3. The highest BCUT2D eigenvalue weighted by Crippen LogP contribution is 2.29. The van der Waals surface area contributed by atoms with Gasteiger partial charge in [-0.15, -0.1) is 0 Å². The van der Waals surface area contributed by atoms with Crippen LogP contribution in [0.25, 0.3) is 10.8 Å². The van der Waals surface area contributed by atoms with Crippen molar-refractivity contribution >= 4 is 10.8 Å². The minimum absolute atomic E-state index is 0.819. The van der Waals surface area contributed by atoms with E-state index in [9.17, 15) is 0 Å². The van der Waals surface area contributed by atoms with Crippen LogP contribution in [-0.2, 0) is 17.6 Å². The first kappa shape index (κ1) is 12.1. The summed E-state index contributed by atoms with van der Waals surface area (Å²) in [6.45, 7) is 2.78. The summed E-state index contributed by atoms with van der Waals surface area (Å²) in [6.07, 6.45) is 3.89. The fraction of sp³-hybridized carbons (Fsp3) is 0.375. The molecule has 0 saturated carbocycles. The Kier molecular flexibility index (Phi) is 4.16. The monoisotopic (exact) mass is 228 g/mol. The van der Waals surface area contributed by atoms with E-state index in [-0.39, 0.29) is 0 Å². The fourth-order valence-corrected chi connectivity index (χ4v) is 2.37. The molecule has 2 aromatic rings. The Bertz CT molecular complexity index is 486. The molecule has 0 aliphatic heterocycles. The molecule has 0 N–H and O–H groups in total. The third kappa shape index (κ3) is 2.67. The minimum Gasteiger partial charge on any atom is -0.385 e. The second-order valence-electron chi connectivity index (χ2n) is 4.36. The van der Waals surface area contributed by atoms with Gasteiger partial charge in [0.1, 0.15) is 0 Å². The van der Waals surface area contributed by atoms with E-state index in [1.165, 1.54) is 30.0 Å². The van der Waals surface area contributed by atoms with Crippen molar-refractivity contribution < 1.29 is 4.74 Å². The Morgan fingerprint density at radius 3 is 2.59 bits per heavy atom. The van der Waals surface area contributed by atoms with Crippen molar-refractivity contribution in [3.8, 4) is 0 Å². The maximum absolute atomic E-state index is 4.54. The van der Waals surface area contributed by atoms with E-state index in [1.54, 1.807) is 18.2 Å². The lowest BCUT2D eigenvalue weighted by Gasteiger charge is -2.03. The summed E-state index contributed by atoms with van der Waals surface area (Å²) in [6, 6.07) is 13.3. The number of hydrogen-bond donors (Lipinski definition) is 0. The van der Waals surface area contributed by atoms with Crippen molar-refractivity contribution in [3.05, 3.63) is 47.5 Å². The van der Waals surface area contributed by atoms with Crippen LogP contribution in [0, 0.1) is 0 Å². The Balaban J connectivity index is 0.000000239. The van der Waals surface area contributed by atoms with Gasteiger partial charge >= 0.3 is 0 Å². The lowest BCUT2D eigenvalue weighted by atomic mass is 10.0. The van der Waals surface area contributed by atoms with E-state index >= 15 is 0 Å². The maximum atomic E-state index is 4.54. The molecule has 1 nitrogen and oxygen atoms in total. The highest BCUT2D eigenvalue weighted by Gasteiger charge is 2.12. The molecule has 0 saturated heterocycles. The van der Waals surface area contributed by atoms with Gasteiger partial charge in [-0.05, 0) is 48.1 Å². The summed E-state index contributed by atoms with van der Waals surface area (Å²) in [5.74, 6) is 0. The van der Waals surface area contributed by atoms with Crippen molar-refractivity contribution in [3.63, 3.8) is 0 Å². The number of aryl methyl sites for hydroxylation is 2. The van der Waals surface area contributed by atoms with Crippen LogP contribution in [0.3, 0.4) is 0 Å². The van der Waals surface area contributed by atoms with Gasteiger partial charge < -0.3 is 4.74 Å². The molecule has 1 aliphatic rings. The first-order valence-electron chi connectivity index (χ1n) is 6.35. The third-order valence-corrected chi connectivity index (χ3v) is 3.30. The summed E-state index contributed by atoms with van der Waals surface area (Å²) in [5.41, 5.74) is 3.16.